The second-order valence-electron chi connectivity index (χ2n) is 3.16. The molecule has 2 rings (SSSR count). The number of pyridine rings is 1. The Kier molecular flexibility index (Phi) is 2.60. The first-order valence-corrected chi connectivity index (χ1v) is 4.60. The van der Waals surface area contributed by atoms with Gasteiger partial charge in [0.25, 0.3) is 0 Å². The van der Waals surface area contributed by atoms with Gasteiger partial charge >= 0.3 is 0 Å². The van der Waals surface area contributed by atoms with Gasteiger partial charge < -0.3 is 0 Å². The van der Waals surface area contributed by atoms with Crippen molar-refractivity contribution in [2.24, 2.45) is 4.99 Å². The quantitative estimate of drug-likeness (QED) is 0.422. The average Bonchev–Trinajstić information content (AvgIpc) is 2.29. The van der Waals surface area contributed by atoms with Crippen LogP contribution in [0.3, 0.4) is 0 Å². The molecular formula is C11H11N3O. The molecule has 1 aromatic heterocycles. The number of hydrogen-bond acceptors (Lipinski definition) is 3. The summed E-state index contributed by atoms with van der Waals surface area (Å²) in [5.74, 6) is 1.02. The monoisotopic (exact) mass is 201 g/mol. The lowest BCUT2D eigenvalue weighted by Gasteiger charge is -2.01. The maximum Gasteiger partial charge on any atom is 0.161 e. The highest BCUT2D eigenvalue weighted by molar-refractivity contribution is 5.93. The van der Waals surface area contributed by atoms with E-state index in [1.165, 1.54) is 0 Å². The topological polar surface area (TPSA) is 57.5 Å². The normalized spacial score (nSPS) is 11.7. The number of nitrogens with zero attached hydrogens (tertiary/aromatic N) is 2. The molecule has 0 radical (unpaired) electrons. The molecule has 0 saturated carbocycles. The predicted octanol–water partition coefficient (Wildman–Crippen LogP) is 2.26. The Labute approximate surface area is 87.3 Å². The van der Waals surface area contributed by atoms with Gasteiger partial charge in [0.05, 0.1) is 0 Å². The summed E-state index contributed by atoms with van der Waals surface area (Å²) in [5, 5.41) is 10.7. The van der Waals surface area contributed by atoms with E-state index in [9.17, 15) is 0 Å². The Balaban J connectivity index is 2.61. The predicted molar refractivity (Wildman–Crippen MR) is 59.4 cm³/mol. The molecule has 15 heavy (non-hydrogen) atoms. The van der Waals surface area contributed by atoms with Crippen molar-refractivity contribution in [3.63, 3.8) is 0 Å². The molecular weight excluding hydrogens is 190 g/mol. The van der Waals surface area contributed by atoms with Gasteiger partial charge in [-0.3, -0.25) is 10.7 Å². The van der Waals surface area contributed by atoms with Crippen molar-refractivity contribution in [3.05, 3.63) is 36.5 Å². The zero-order valence-electron chi connectivity index (χ0n) is 8.31. The van der Waals surface area contributed by atoms with Crippen LogP contribution in [-0.2, 0) is 0 Å². The fourth-order valence-corrected chi connectivity index (χ4v) is 1.38. The summed E-state index contributed by atoms with van der Waals surface area (Å²) in [6.45, 7) is 1.67. The highest BCUT2D eigenvalue weighted by Crippen LogP contribution is 2.22. The molecule has 0 fully saturated rings. The van der Waals surface area contributed by atoms with Crippen LogP contribution in [0.4, 0.5) is 5.82 Å². The average molecular weight is 201 g/mol. The third-order valence-corrected chi connectivity index (χ3v) is 2.09. The minimum absolute atomic E-state index is 0.416. The second-order valence-corrected chi connectivity index (χ2v) is 3.16. The molecule has 0 amide bonds. The summed E-state index contributed by atoms with van der Waals surface area (Å²) >= 11 is 0. The van der Waals surface area contributed by atoms with Crippen LogP contribution in [-0.4, -0.2) is 16.0 Å². The van der Waals surface area contributed by atoms with E-state index in [2.05, 4.69) is 9.98 Å². The summed E-state index contributed by atoms with van der Waals surface area (Å²) in [5.41, 5.74) is 1.99. The van der Waals surface area contributed by atoms with E-state index in [0.29, 0.717) is 11.7 Å². The smallest absolute Gasteiger partial charge is 0.161 e. The number of rotatable bonds is 1. The molecule has 0 aliphatic heterocycles. The molecule has 4 heteroatoms. The van der Waals surface area contributed by atoms with Crippen LogP contribution in [0.15, 0.2) is 41.5 Å². The van der Waals surface area contributed by atoms with Crippen molar-refractivity contribution in [1.29, 1.82) is 0 Å². The number of hydroxylamine groups is 1. The summed E-state index contributed by atoms with van der Waals surface area (Å²) in [4.78, 5) is 8.31. The van der Waals surface area contributed by atoms with Gasteiger partial charge in [-0.15, -0.1) is 0 Å². The fraction of sp³-hybridized carbons (Fsp3) is 0.0909. The van der Waals surface area contributed by atoms with E-state index in [0.717, 1.165) is 10.8 Å². The first-order chi connectivity index (χ1) is 7.31. The third kappa shape index (κ3) is 1.94. The number of aliphatic imine (C=N–C) groups is 1. The number of amidine groups is 1. The maximum atomic E-state index is 8.66. The molecule has 0 unspecified atom stereocenters. The van der Waals surface area contributed by atoms with Crippen LogP contribution >= 0.6 is 0 Å². The van der Waals surface area contributed by atoms with Crippen molar-refractivity contribution in [2.75, 3.05) is 0 Å². The molecule has 2 N–H and O–H groups in total. The van der Waals surface area contributed by atoms with E-state index in [-0.39, 0.29) is 0 Å². The van der Waals surface area contributed by atoms with Crippen LogP contribution in [0.2, 0.25) is 0 Å². The molecule has 0 aliphatic carbocycles. The molecule has 0 atom stereocenters. The Hall–Kier alpha value is -1.94. The van der Waals surface area contributed by atoms with Crippen molar-refractivity contribution >= 4 is 22.4 Å². The molecule has 76 valence electrons. The maximum absolute atomic E-state index is 8.66. The number of fused-ring (bicyclic) bond motifs is 1. The summed E-state index contributed by atoms with van der Waals surface area (Å²) < 4.78 is 0. The zero-order chi connectivity index (χ0) is 10.7. The largest absolute Gasteiger partial charge is 0.290 e. The number of nitrogens with one attached hydrogen (secondary N) is 1. The summed E-state index contributed by atoms with van der Waals surface area (Å²) in [7, 11) is 0. The van der Waals surface area contributed by atoms with Gasteiger partial charge in [0, 0.05) is 11.6 Å². The SMILES string of the molecule is CC(=Nc1nccc2ccccc12)NO. The van der Waals surface area contributed by atoms with Crippen molar-refractivity contribution in [1.82, 2.24) is 10.5 Å². The van der Waals surface area contributed by atoms with Gasteiger partial charge in [-0.2, -0.15) is 0 Å². The third-order valence-electron chi connectivity index (χ3n) is 2.09. The molecule has 0 saturated heterocycles. The van der Waals surface area contributed by atoms with Gasteiger partial charge in [-0.1, -0.05) is 24.3 Å². The van der Waals surface area contributed by atoms with Crippen LogP contribution in [0.1, 0.15) is 6.92 Å². The van der Waals surface area contributed by atoms with Gasteiger partial charge in [-0.25, -0.2) is 9.98 Å². The van der Waals surface area contributed by atoms with E-state index in [4.69, 9.17) is 5.21 Å². The summed E-state index contributed by atoms with van der Waals surface area (Å²) in [6, 6.07) is 9.78. The number of aromatic nitrogens is 1. The first-order valence-electron chi connectivity index (χ1n) is 4.60. The lowest BCUT2D eigenvalue weighted by Crippen LogP contribution is -2.13. The highest BCUT2D eigenvalue weighted by atomic mass is 16.5. The van der Waals surface area contributed by atoms with Gasteiger partial charge in [0.15, 0.2) is 5.82 Å². The molecule has 2 aromatic rings. The Morgan fingerprint density at radius 2 is 2.13 bits per heavy atom. The van der Waals surface area contributed by atoms with E-state index in [1.807, 2.05) is 35.8 Å². The minimum Gasteiger partial charge on any atom is -0.290 e. The van der Waals surface area contributed by atoms with Gasteiger partial charge in [0.1, 0.15) is 5.84 Å². The Morgan fingerprint density at radius 3 is 2.93 bits per heavy atom. The van der Waals surface area contributed by atoms with Crippen LogP contribution in [0.5, 0.6) is 0 Å². The second kappa shape index (κ2) is 4.06. The Morgan fingerprint density at radius 1 is 1.33 bits per heavy atom. The van der Waals surface area contributed by atoms with Gasteiger partial charge in [-0.05, 0) is 18.4 Å². The lowest BCUT2D eigenvalue weighted by molar-refractivity contribution is 0.234. The van der Waals surface area contributed by atoms with Crippen molar-refractivity contribution in [2.45, 2.75) is 6.92 Å². The van der Waals surface area contributed by atoms with Crippen molar-refractivity contribution in [3.8, 4) is 0 Å². The number of hydrogen-bond donors (Lipinski definition) is 2. The standard InChI is InChI=1S/C11H11N3O/c1-8(14-15)13-11-10-5-3-2-4-9(10)6-7-12-11/h2-7,15H,1H3,(H,12,13,14). The van der Waals surface area contributed by atoms with E-state index < -0.39 is 0 Å². The number of benzene rings is 1. The molecule has 1 heterocycles. The molecule has 0 spiro atoms. The first kappa shape index (κ1) is 9.61. The zero-order valence-corrected chi connectivity index (χ0v) is 8.31. The lowest BCUT2D eigenvalue weighted by atomic mass is 10.2. The minimum atomic E-state index is 0.416. The van der Waals surface area contributed by atoms with Crippen LogP contribution < -0.4 is 5.48 Å². The van der Waals surface area contributed by atoms with Crippen LogP contribution in [0, 0.1) is 0 Å². The van der Waals surface area contributed by atoms with Gasteiger partial charge in [0.2, 0.25) is 0 Å². The molecule has 4 nitrogen and oxygen atoms in total. The highest BCUT2D eigenvalue weighted by Gasteiger charge is 1.99. The molecule has 1 aromatic carbocycles. The fourth-order valence-electron chi connectivity index (χ4n) is 1.38. The van der Waals surface area contributed by atoms with E-state index >= 15 is 0 Å². The van der Waals surface area contributed by atoms with E-state index in [1.54, 1.807) is 13.1 Å². The van der Waals surface area contributed by atoms with Crippen LogP contribution in [0.25, 0.3) is 10.8 Å². The molecule has 0 bridgehead atoms. The molecule has 0 aliphatic rings. The summed E-state index contributed by atoms with van der Waals surface area (Å²) in [6.07, 6.45) is 1.70. The Bertz CT molecular complexity index is 503. The van der Waals surface area contributed by atoms with Crippen molar-refractivity contribution < 1.29 is 5.21 Å².